The van der Waals surface area contributed by atoms with Gasteiger partial charge in [-0.15, -0.1) is 0 Å². The fourth-order valence-corrected chi connectivity index (χ4v) is 2.49. The summed E-state index contributed by atoms with van der Waals surface area (Å²) in [7, 11) is 0. The number of anilines is 1. The molecule has 1 aliphatic heterocycles. The van der Waals surface area contributed by atoms with E-state index in [-0.39, 0.29) is 0 Å². The molecule has 1 saturated heterocycles. The van der Waals surface area contributed by atoms with E-state index in [9.17, 15) is 13.2 Å². The molecule has 6 heteroatoms. The average Bonchev–Trinajstić information content (AvgIpc) is 2.90. The monoisotopic (exact) mass is 287 g/mol. The SMILES string of the molecule is CCCN(CC1CCCN1)c1ccc(C(F)(F)F)cn1. The number of hydrogen-bond acceptors (Lipinski definition) is 3. The van der Waals surface area contributed by atoms with Gasteiger partial charge in [-0.05, 0) is 37.9 Å². The third kappa shape index (κ3) is 3.85. The molecule has 1 atom stereocenters. The van der Waals surface area contributed by atoms with Crippen molar-refractivity contribution in [3.8, 4) is 0 Å². The van der Waals surface area contributed by atoms with Crippen LogP contribution in [-0.2, 0) is 6.18 Å². The Morgan fingerprint density at radius 1 is 1.40 bits per heavy atom. The van der Waals surface area contributed by atoms with E-state index in [0.717, 1.165) is 51.2 Å². The van der Waals surface area contributed by atoms with Crippen molar-refractivity contribution in [3.05, 3.63) is 23.9 Å². The van der Waals surface area contributed by atoms with Crippen molar-refractivity contribution < 1.29 is 13.2 Å². The number of aromatic nitrogens is 1. The Balaban J connectivity index is 2.08. The molecule has 1 aliphatic rings. The Bertz CT molecular complexity index is 411. The third-order valence-electron chi connectivity index (χ3n) is 3.50. The van der Waals surface area contributed by atoms with Crippen LogP contribution in [-0.4, -0.2) is 30.7 Å². The van der Waals surface area contributed by atoms with Crippen LogP contribution in [0.25, 0.3) is 0 Å². The summed E-state index contributed by atoms with van der Waals surface area (Å²) in [5.41, 5.74) is -0.698. The van der Waals surface area contributed by atoms with E-state index in [0.29, 0.717) is 11.9 Å². The molecule has 1 fully saturated rings. The van der Waals surface area contributed by atoms with E-state index in [1.54, 1.807) is 0 Å². The number of halogens is 3. The van der Waals surface area contributed by atoms with E-state index in [1.807, 2.05) is 0 Å². The molecule has 0 bridgehead atoms. The van der Waals surface area contributed by atoms with Gasteiger partial charge in [-0.1, -0.05) is 6.92 Å². The van der Waals surface area contributed by atoms with Gasteiger partial charge in [-0.2, -0.15) is 13.2 Å². The Hall–Kier alpha value is -1.30. The van der Waals surface area contributed by atoms with Crippen LogP contribution >= 0.6 is 0 Å². The molecular weight excluding hydrogens is 267 g/mol. The van der Waals surface area contributed by atoms with Crippen LogP contribution in [0.5, 0.6) is 0 Å². The summed E-state index contributed by atoms with van der Waals surface area (Å²) in [6, 6.07) is 2.98. The molecule has 20 heavy (non-hydrogen) atoms. The van der Waals surface area contributed by atoms with Crippen molar-refractivity contribution in [2.24, 2.45) is 0 Å². The zero-order chi connectivity index (χ0) is 14.6. The predicted molar refractivity (Wildman–Crippen MR) is 72.8 cm³/mol. The molecule has 2 heterocycles. The predicted octanol–water partition coefficient (Wildman–Crippen LogP) is 3.07. The van der Waals surface area contributed by atoms with Crippen molar-refractivity contribution in [2.45, 2.75) is 38.4 Å². The zero-order valence-corrected chi connectivity index (χ0v) is 11.6. The lowest BCUT2D eigenvalue weighted by Gasteiger charge is -2.26. The molecule has 0 saturated carbocycles. The van der Waals surface area contributed by atoms with Crippen LogP contribution in [0.15, 0.2) is 18.3 Å². The van der Waals surface area contributed by atoms with Gasteiger partial charge in [-0.3, -0.25) is 0 Å². The first-order valence-corrected chi connectivity index (χ1v) is 7.02. The minimum Gasteiger partial charge on any atom is -0.355 e. The number of pyridine rings is 1. The van der Waals surface area contributed by atoms with Gasteiger partial charge in [0, 0.05) is 25.3 Å². The number of hydrogen-bond donors (Lipinski definition) is 1. The Labute approximate surface area is 117 Å². The largest absolute Gasteiger partial charge is 0.417 e. The lowest BCUT2D eigenvalue weighted by Crippen LogP contribution is -2.38. The first-order chi connectivity index (χ1) is 9.50. The highest BCUT2D eigenvalue weighted by atomic mass is 19.4. The van der Waals surface area contributed by atoms with Gasteiger partial charge >= 0.3 is 6.18 Å². The molecule has 1 N–H and O–H groups in total. The Morgan fingerprint density at radius 2 is 2.20 bits per heavy atom. The van der Waals surface area contributed by atoms with Gasteiger partial charge < -0.3 is 10.2 Å². The van der Waals surface area contributed by atoms with Crippen LogP contribution in [0, 0.1) is 0 Å². The lowest BCUT2D eigenvalue weighted by molar-refractivity contribution is -0.137. The highest BCUT2D eigenvalue weighted by Gasteiger charge is 2.31. The number of alkyl halides is 3. The molecular formula is C14H20F3N3. The van der Waals surface area contributed by atoms with Gasteiger partial charge in [0.05, 0.1) is 5.56 Å². The second kappa shape index (κ2) is 6.43. The fraction of sp³-hybridized carbons (Fsp3) is 0.643. The average molecular weight is 287 g/mol. The second-order valence-corrected chi connectivity index (χ2v) is 5.14. The topological polar surface area (TPSA) is 28.2 Å². The van der Waals surface area contributed by atoms with Gasteiger partial charge in [0.15, 0.2) is 0 Å². The molecule has 1 aromatic rings. The molecule has 112 valence electrons. The first-order valence-electron chi connectivity index (χ1n) is 7.02. The van der Waals surface area contributed by atoms with Crippen LogP contribution < -0.4 is 10.2 Å². The minimum atomic E-state index is -4.33. The van der Waals surface area contributed by atoms with Crippen LogP contribution in [0.4, 0.5) is 19.0 Å². The van der Waals surface area contributed by atoms with Gasteiger partial charge in [0.2, 0.25) is 0 Å². The first kappa shape index (κ1) is 15.1. The van der Waals surface area contributed by atoms with Crippen molar-refractivity contribution in [3.63, 3.8) is 0 Å². The maximum absolute atomic E-state index is 12.5. The maximum atomic E-state index is 12.5. The van der Waals surface area contributed by atoms with Crippen molar-refractivity contribution in [2.75, 3.05) is 24.5 Å². The number of nitrogens with one attached hydrogen (secondary N) is 1. The van der Waals surface area contributed by atoms with E-state index < -0.39 is 11.7 Å². The third-order valence-corrected chi connectivity index (χ3v) is 3.50. The second-order valence-electron chi connectivity index (χ2n) is 5.14. The number of rotatable bonds is 5. The molecule has 1 unspecified atom stereocenters. The van der Waals surface area contributed by atoms with Crippen molar-refractivity contribution in [1.82, 2.24) is 10.3 Å². The molecule has 0 aromatic carbocycles. The summed E-state index contributed by atoms with van der Waals surface area (Å²) in [5.74, 6) is 0.619. The molecule has 0 radical (unpaired) electrons. The molecule has 0 spiro atoms. The standard InChI is InChI=1S/C14H20F3N3/c1-2-8-20(10-12-4-3-7-18-12)13-6-5-11(9-19-13)14(15,16)17/h5-6,9,12,18H,2-4,7-8,10H2,1H3. The van der Waals surface area contributed by atoms with Crippen LogP contribution in [0.1, 0.15) is 31.7 Å². The summed E-state index contributed by atoms with van der Waals surface area (Å²) in [4.78, 5) is 6.04. The molecule has 3 nitrogen and oxygen atoms in total. The summed E-state index contributed by atoms with van der Waals surface area (Å²) >= 11 is 0. The number of nitrogens with zero attached hydrogens (tertiary/aromatic N) is 2. The van der Waals surface area contributed by atoms with Gasteiger partial charge in [-0.25, -0.2) is 4.98 Å². The molecule has 0 amide bonds. The van der Waals surface area contributed by atoms with Crippen LogP contribution in [0.3, 0.4) is 0 Å². The summed E-state index contributed by atoms with van der Waals surface area (Å²) in [6.45, 7) is 4.67. The Kier molecular flexibility index (Phi) is 4.86. The Morgan fingerprint density at radius 3 is 2.70 bits per heavy atom. The maximum Gasteiger partial charge on any atom is 0.417 e. The van der Waals surface area contributed by atoms with Crippen LogP contribution in [0.2, 0.25) is 0 Å². The molecule has 1 aromatic heterocycles. The lowest BCUT2D eigenvalue weighted by atomic mass is 10.2. The van der Waals surface area contributed by atoms with Crippen molar-refractivity contribution in [1.29, 1.82) is 0 Å². The van der Waals surface area contributed by atoms with Gasteiger partial charge in [0.1, 0.15) is 5.82 Å². The summed E-state index contributed by atoms with van der Waals surface area (Å²) < 4.78 is 37.6. The van der Waals surface area contributed by atoms with E-state index in [1.165, 1.54) is 6.07 Å². The summed E-state index contributed by atoms with van der Waals surface area (Å²) in [5, 5.41) is 3.40. The van der Waals surface area contributed by atoms with E-state index in [2.05, 4.69) is 22.1 Å². The van der Waals surface area contributed by atoms with E-state index >= 15 is 0 Å². The molecule has 2 rings (SSSR count). The quantitative estimate of drug-likeness (QED) is 0.902. The van der Waals surface area contributed by atoms with Crippen molar-refractivity contribution >= 4 is 5.82 Å². The highest BCUT2D eigenvalue weighted by Crippen LogP contribution is 2.29. The molecule has 0 aliphatic carbocycles. The fourth-order valence-electron chi connectivity index (χ4n) is 2.49. The summed E-state index contributed by atoms with van der Waals surface area (Å²) in [6.07, 6.45) is -0.199. The van der Waals surface area contributed by atoms with E-state index in [4.69, 9.17) is 0 Å². The highest BCUT2D eigenvalue weighted by molar-refractivity contribution is 5.40. The smallest absolute Gasteiger partial charge is 0.355 e. The van der Waals surface area contributed by atoms with Gasteiger partial charge in [0.25, 0.3) is 0 Å². The normalized spacial score (nSPS) is 19.3. The minimum absolute atomic E-state index is 0.408. The zero-order valence-electron chi connectivity index (χ0n) is 11.6.